The maximum atomic E-state index is 12.4. The lowest BCUT2D eigenvalue weighted by Crippen LogP contribution is -2.35. The van der Waals surface area contributed by atoms with Crippen LogP contribution in [0.2, 0.25) is 5.02 Å². The fraction of sp³-hybridized carbons (Fsp3) is 0.200. The normalized spacial score (nSPS) is 15.9. The van der Waals surface area contributed by atoms with Crippen LogP contribution in [0.15, 0.2) is 29.2 Å². The van der Waals surface area contributed by atoms with E-state index in [9.17, 15) is 14.4 Å². The fourth-order valence-electron chi connectivity index (χ4n) is 1.88. The van der Waals surface area contributed by atoms with Gasteiger partial charge < -0.3 is 10.4 Å². The van der Waals surface area contributed by atoms with Gasteiger partial charge in [0, 0.05) is 18.0 Å². The van der Waals surface area contributed by atoms with Gasteiger partial charge >= 0.3 is 5.97 Å². The third kappa shape index (κ3) is 5.05. The summed E-state index contributed by atoms with van der Waals surface area (Å²) >= 11 is 12.2. The number of aliphatic carboxylic acids is 1. The molecule has 1 saturated heterocycles. The largest absolute Gasteiger partial charge is 0.480 e. The summed E-state index contributed by atoms with van der Waals surface area (Å²) in [6.45, 7) is -0.345. The predicted octanol–water partition coefficient (Wildman–Crippen LogP) is 2.13. The number of benzene rings is 1. The molecule has 1 aromatic rings. The van der Waals surface area contributed by atoms with Gasteiger partial charge in [-0.05, 0) is 23.8 Å². The molecule has 2 N–H and O–H groups in total. The molecule has 9 heteroatoms. The van der Waals surface area contributed by atoms with Gasteiger partial charge in [0.15, 0.2) is 0 Å². The summed E-state index contributed by atoms with van der Waals surface area (Å²) in [7, 11) is 0. The van der Waals surface area contributed by atoms with Crippen LogP contribution in [0.1, 0.15) is 12.0 Å². The Morgan fingerprint density at radius 3 is 2.62 bits per heavy atom. The standard InChI is InChI=1S/C15H13ClN2O4S2/c16-10-3-1-9(2-4-10)7-11-14(22)18(15(23)24-11)6-5-12(19)17-8-13(20)21/h1-4,7H,5-6,8H2,(H,17,19)(H,20,21)/b11-7-. The minimum Gasteiger partial charge on any atom is -0.480 e. The minimum atomic E-state index is -1.13. The first-order chi connectivity index (χ1) is 11.4. The number of carbonyl (C=O) groups excluding carboxylic acids is 2. The molecule has 1 aliphatic rings. The molecule has 0 spiro atoms. The monoisotopic (exact) mass is 384 g/mol. The Hall–Kier alpha value is -1.90. The van der Waals surface area contributed by atoms with E-state index in [2.05, 4.69) is 5.32 Å². The van der Waals surface area contributed by atoms with E-state index in [1.54, 1.807) is 30.3 Å². The third-order valence-corrected chi connectivity index (χ3v) is 4.67. The Labute approximate surface area is 152 Å². The SMILES string of the molecule is O=C(O)CNC(=O)CCN1C(=O)/C(=C/c2ccc(Cl)cc2)SC1=S. The average molecular weight is 385 g/mol. The van der Waals surface area contributed by atoms with Gasteiger partial charge in [-0.1, -0.05) is 47.7 Å². The number of nitrogens with zero attached hydrogens (tertiary/aromatic N) is 1. The Morgan fingerprint density at radius 2 is 2.00 bits per heavy atom. The average Bonchev–Trinajstić information content (AvgIpc) is 2.79. The van der Waals surface area contributed by atoms with Crippen molar-refractivity contribution in [3.8, 4) is 0 Å². The van der Waals surface area contributed by atoms with Crippen LogP contribution >= 0.6 is 35.6 Å². The zero-order valence-corrected chi connectivity index (χ0v) is 14.7. The highest BCUT2D eigenvalue weighted by Gasteiger charge is 2.32. The van der Waals surface area contributed by atoms with Gasteiger partial charge in [0.05, 0.1) is 4.91 Å². The Balaban J connectivity index is 1.97. The number of thioether (sulfide) groups is 1. The first kappa shape index (κ1) is 18.4. The number of rotatable bonds is 6. The van der Waals surface area contributed by atoms with Crippen LogP contribution in [0.4, 0.5) is 0 Å². The lowest BCUT2D eigenvalue weighted by molar-refractivity contribution is -0.138. The second-order valence-corrected chi connectivity index (χ2v) is 6.92. The van der Waals surface area contributed by atoms with E-state index in [1.165, 1.54) is 4.90 Å². The van der Waals surface area contributed by atoms with Crippen molar-refractivity contribution in [2.75, 3.05) is 13.1 Å². The Bertz CT molecular complexity index is 719. The lowest BCUT2D eigenvalue weighted by Gasteiger charge is -2.13. The van der Waals surface area contributed by atoms with E-state index in [-0.39, 0.29) is 18.9 Å². The number of nitrogens with one attached hydrogen (secondary N) is 1. The first-order valence-electron chi connectivity index (χ1n) is 6.86. The Kier molecular flexibility index (Phi) is 6.36. The summed E-state index contributed by atoms with van der Waals surface area (Å²) in [5, 5.41) is 11.3. The predicted molar refractivity (Wildman–Crippen MR) is 96.6 cm³/mol. The molecule has 2 amide bonds. The minimum absolute atomic E-state index is 0.0199. The highest BCUT2D eigenvalue weighted by Crippen LogP contribution is 2.32. The third-order valence-electron chi connectivity index (χ3n) is 3.04. The van der Waals surface area contributed by atoms with Gasteiger partial charge in [-0.2, -0.15) is 0 Å². The number of carbonyl (C=O) groups is 3. The van der Waals surface area contributed by atoms with Crippen molar-refractivity contribution >= 4 is 63.8 Å². The first-order valence-corrected chi connectivity index (χ1v) is 8.46. The molecule has 0 atom stereocenters. The van der Waals surface area contributed by atoms with E-state index in [4.69, 9.17) is 28.9 Å². The summed E-state index contributed by atoms with van der Waals surface area (Å²) in [6, 6.07) is 7.02. The van der Waals surface area contributed by atoms with Crippen molar-refractivity contribution < 1.29 is 19.5 Å². The maximum absolute atomic E-state index is 12.4. The Morgan fingerprint density at radius 1 is 1.33 bits per heavy atom. The van der Waals surface area contributed by atoms with E-state index >= 15 is 0 Å². The van der Waals surface area contributed by atoms with Crippen molar-refractivity contribution in [2.45, 2.75) is 6.42 Å². The van der Waals surface area contributed by atoms with Crippen LogP contribution in [-0.4, -0.2) is 45.2 Å². The number of amides is 2. The number of carboxylic acid groups (broad SMARTS) is 1. The molecule has 0 bridgehead atoms. The van der Waals surface area contributed by atoms with Gasteiger partial charge in [0.25, 0.3) is 5.91 Å². The highest BCUT2D eigenvalue weighted by atomic mass is 35.5. The molecule has 0 aromatic heterocycles. The van der Waals surface area contributed by atoms with E-state index in [0.717, 1.165) is 17.3 Å². The summed E-state index contributed by atoms with van der Waals surface area (Å²) in [5.41, 5.74) is 0.819. The molecule has 1 aromatic carbocycles. The van der Waals surface area contributed by atoms with Crippen LogP contribution in [-0.2, 0) is 14.4 Å². The number of halogens is 1. The number of hydrogen-bond donors (Lipinski definition) is 2. The fourth-order valence-corrected chi connectivity index (χ4v) is 3.31. The maximum Gasteiger partial charge on any atom is 0.322 e. The lowest BCUT2D eigenvalue weighted by atomic mass is 10.2. The summed E-state index contributed by atoms with van der Waals surface area (Å²) in [6.07, 6.45) is 1.69. The van der Waals surface area contributed by atoms with Gasteiger partial charge in [0.1, 0.15) is 10.9 Å². The van der Waals surface area contributed by atoms with Crippen LogP contribution in [0, 0.1) is 0 Å². The summed E-state index contributed by atoms with van der Waals surface area (Å²) in [4.78, 5) is 36.1. The number of hydrogen-bond acceptors (Lipinski definition) is 5. The van der Waals surface area contributed by atoms with Gasteiger partial charge in [-0.25, -0.2) is 0 Å². The summed E-state index contributed by atoms with van der Waals surface area (Å²) < 4.78 is 0.367. The molecule has 24 heavy (non-hydrogen) atoms. The van der Waals surface area contributed by atoms with Crippen molar-refractivity contribution in [3.63, 3.8) is 0 Å². The zero-order valence-electron chi connectivity index (χ0n) is 12.3. The second-order valence-electron chi connectivity index (χ2n) is 4.81. The van der Waals surface area contributed by atoms with Crippen LogP contribution in [0.5, 0.6) is 0 Å². The molecule has 0 radical (unpaired) electrons. The van der Waals surface area contributed by atoms with Crippen molar-refractivity contribution in [1.29, 1.82) is 0 Å². The van der Waals surface area contributed by atoms with Crippen LogP contribution in [0.3, 0.4) is 0 Å². The molecule has 1 fully saturated rings. The van der Waals surface area contributed by atoms with Gasteiger partial charge in [-0.15, -0.1) is 0 Å². The zero-order chi connectivity index (χ0) is 17.7. The van der Waals surface area contributed by atoms with E-state index in [0.29, 0.717) is 14.2 Å². The molecule has 126 valence electrons. The second kappa shape index (κ2) is 8.27. The van der Waals surface area contributed by atoms with E-state index in [1.807, 2.05) is 0 Å². The topological polar surface area (TPSA) is 86.7 Å². The molecular weight excluding hydrogens is 372 g/mol. The molecule has 0 aliphatic carbocycles. The quantitative estimate of drug-likeness (QED) is 0.577. The van der Waals surface area contributed by atoms with Crippen LogP contribution < -0.4 is 5.32 Å². The van der Waals surface area contributed by atoms with Gasteiger partial charge in [-0.3, -0.25) is 19.3 Å². The van der Waals surface area contributed by atoms with Gasteiger partial charge in [0.2, 0.25) is 5.91 Å². The van der Waals surface area contributed by atoms with Crippen molar-refractivity contribution in [2.24, 2.45) is 0 Å². The smallest absolute Gasteiger partial charge is 0.322 e. The molecule has 1 aliphatic heterocycles. The highest BCUT2D eigenvalue weighted by molar-refractivity contribution is 8.26. The molecule has 2 rings (SSSR count). The molecule has 6 nitrogen and oxygen atoms in total. The molecule has 0 saturated carbocycles. The molecule has 0 unspecified atom stereocenters. The van der Waals surface area contributed by atoms with Crippen molar-refractivity contribution in [3.05, 3.63) is 39.8 Å². The number of thiocarbonyl (C=S) groups is 1. The van der Waals surface area contributed by atoms with Crippen LogP contribution in [0.25, 0.3) is 6.08 Å². The number of carboxylic acids is 1. The van der Waals surface area contributed by atoms with Crippen molar-refractivity contribution in [1.82, 2.24) is 10.2 Å². The molecule has 1 heterocycles. The molecular formula is C15H13ClN2O4S2. The summed E-state index contributed by atoms with van der Waals surface area (Å²) in [5.74, 6) is -1.85. The van der Waals surface area contributed by atoms with E-state index < -0.39 is 18.4 Å².